The van der Waals surface area contributed by atoms with Crippen LogP contribution in [0.5, 0.6) is 0 Å². The van der Waals surface area contributed by atoms with E-state index < -0.39 is 0 Å². The summed E-state index contributed by atoms with van der Waals surface area (Å²) in [7, 11) is 0. The summed E-state index contributed by atoms with van der Waals surface area (Å²) in [5.74, 6) is 1.19. The number of hydrogen-bond acceptors (Lipinski definition) is 6. The number of aromatic nitrogens is 3. The number of nitrogens with zero attached hydrogens (tertiary/aromatic N) is 5. The number of fused-ring (bicyclic) bond motifs is 1. The van der Waals surface area contributed by atoms with E-state index in [-0.39, 0.29) is 30.4 Å². The Hall–Kier alpha value is -2.65. The summed E-state index contributed by atoms with van der Waals surface area (Å²) >= 11 is 0. The fraction of sp³-hybridized carbons (Fsp3) is 0.688. The van der Waals surface area contributed by atoms with E-state index in [1.54, 1.807) is 6.33 Å². The molecule has 1 aromatic heterocycles. The van der Waals surface area contributed by atoms with Gasteiger partial charge in [0, 0.05) is 25.6 Å². The van der Waals surface area contributed by atoms with Gasteiger partial charge in [-0.2, -0.15) is 5.10 Å². The van der Waals surface area contributed by atoms with E-state index >= 15 is 0 Å². The van der Waals surface area contributed by atoms with Gasteiger partial charge in [-0.15, -0.1) is 0 Å². The summed E-state index contributed by atoms with van der Waals surface area (Å²) in [4.78, 5) is 40.7. The Morgan fingerprint density at radius 3 is 2.65 bits per heavy atom. The van der Waals surface area contributed by atoms with Gasteiger partial charge in [0.1, 0.15) is 18.8 Å². The van der Waals surface area contributed by atoms with Crippen molar-refractivity contribution in [1.82, 2.24) is 24.6 Å². The molecule has 1 unspecified atom stereocenters. The van der Waals surface area contributed by atoms with E-state index in [0.29, 0.717) is 32.8 Å². The van der Waals surface area contributed by atoms with Gasteiger partial charge in [0.05, 0.1) is 19.0 Å². The molecule has 0 bridgehead atoms. The zero-order chi connectivity index (χ0) is 18.5. The summed E-state index contributed by atoms with van der Waals surface area (Å²) in [6.45, 7) is 2.98. The minimum Gasteiger partial charge on any atom is -0.483 e. The van der Waals surface area contributed by atoms with Crippen LogP contribution >= 0.6 is 0 Å². The first-order chi connectivity index (χ1) is 12.6. The molecule has 142 valence electrons. The largest absolute Gasteiger partial charge is 0.483 e. The number of rotatable bonds is 2. The number of carbonyl (C=O) groups is 3. The predicted octanol–water partition coefficient (Wildman–Crippen LogP) is -0.0155. The lowest BCUT2D eigenvalue weighted by Gasteiger charge is -2.37. The summed E-state index contributed by atoms with van der Waals surface area (Å²) in [5.41, 5.74) is 0. The van der Waals surface area contributed by atoms with Crippen LogP contribution in [0.1, 0.15) is 25.1 Å². The van der Waals surface area contributed by atoms with Gasteiger partial charge < -0.3 is 19.6 Å². The standard InChI is InChI=1S/C15H21N5O3.CH2O2/c21-14(11-1-2-13-16-10-17-20(13)9-11)18-5-3-12(4-6-18)19-7-8-23-15(19)22;2-1-3/h10-12H,1-9H2;1H,(H,2,3). The highest BCUT2D eigenvalue weighted by molar-refractivity contribution is 5.79. The fourth-order valence-electron chi connectivity index (χ4n) is 3.83. The lowest BCUT2D eigenvalue weighted by atomic mass is 9.96. The molecule has 1 N–H and O–H groups in total. The molecule has 4 rings (SSSR count). The van der Waals surface area contributed by atoms with Crippen molar-refractivity contribution in [2.24, 2.45) is 5.92 Å². The minimum absolute atomic E-state index is 0.00231. The third kappa shape index (κ3) is 3.78. The van der Waals surface area contributed by atoms with Crippen molar-refractivity contribution in [2.45, 2.75) is 38.3 Å². The van der Waals surface area contributed by atoms with Crippen molar-refractivity contribution in [3.63, 3.8) is 0 Å². The molecule has 2 amide bonds. The van der Waals surface area contributed by atoms with E-state index in [0.717, 1.165) is 31.5 Å². The molecule has 3 aliphatic rings. The first kappa shape index (κ1) is 18.2. The number of cyclic esters (lactones) is 1. The molecular weight excluding hydrogens is 342 g/mol. The highest BCUT2D eigenvalue weighted by Gasteiger charge is 2.35. The third-order valence-corrected chi connectivity index (χ3v) is 5.16. The molecule has 0 radical (unpaired) electrons. The molecule has 26 heavy (non-hydrogen) atoms. The number of carboxylic acid groups (broad SMARTS) is 1. The first-order valence-electron chi connectivity index (χ1n) is 8.80. The second kappa shape index (κ2) is 8.15. The van der Waals surface area contributed by atoms with Crippen LogP contribution in [0.25, 0.3) is 0 Å². The fourth-order valence-corrected chi connectivity index (χ4v) is 3.83. The van der Waals surface area contributed by atoms with Crippen molar-refractivity contribution in [1.29, 1.82) is 0 Å². The number of aryl methyl sites for hydroxylation is 1. The zero-order valence-electron chi connectivity index (χ0n) is 14.5. The highest BCUT2D eigenvalue weighted by Crippen LogP contribution is 2.24. The quantitative estimate of drug-likeness (QED) is 0.732. The van der Waals surface area contributed by atoms with Crippen LogP contribution in [0.15, 0.2) is 6.33 Å². The van der Waals surface area contributed by atoms with Crippen LogP contribution in [0.2, 0.25) is 0 Å². The van der Waals surface area contributed by atoms with Gasteiger partial charge >= 0.3 is 6.09 Å². The van der Waals surface area contributed by atoms with Gasteiger partial charge in [-0.1, -0.05) is 0 Å². The third-order valence-electron chi connectivity index (χ3n) is 5.16. The van der Waals surface area contributed by atoms with Crippen molar-refractivity contribution in [3.8, 4) is 0 Å². The SMILES string of the molecule is O=C(C1CCc2ncnn2C1)N1CCC(N2CCOC2=O)CC1.O=CO. The minimum atomic E-state index is -0.250. The normalized spacial score (nSPS) is 22.9. The number of hydrogen-bond donors (Lipinski definition) is 1. The smallest absolute Gasteiger partial charge is 0.410 e. The molecule has 10 heteroatoms. The maximum atomic E-state index is 12.7. The summed E-state index contributed by atoms with van der Waals surface area (Å²) in [6.07, 6.45) is 4.68. The highest BCUT2D eigenvalue weighted by atomic mass is 16.6. The van der Waals surface area contributed by atoms with E-state index in [9.17, 15) is 9.59 Å². The molecule has 4 heterocycles. The number of carbonyl (C=O) groups excluding carboxylic acids is 2. The van der Waals surface area contributed by atoms with Crippen molar-refractivity contribution in [2.75, 3.05) is 26.2 Å². The number of likely N-dealkylation sites (tertiary alicyclic amines) is 1. The molecule has 0 aromatic carbocycles. The molecule has 3 aliphatic heterocycles. The van der Waals surface area contributed by atoms with E-state index in [1.165, 1.54) is 0 Å². The summed E-state index contributed by atoms with van der Waals surface area (Å²) < 4.78 is 6.85. The molecule has 0 spiro atoms. The van der Waals surface area contributed by atoms with Gasteiger partial charge in [-0.3, -0.25) is 9.59 Å². The number of amides is 2. The van der Waals surface area contributed by atoms with E-state index in [4.69, 9.17) is 14.6 Å². The Bertz CT molecular complexity index is 655. The predicted molar refractivity (Wildman–Crippen MR) is 88.2 cm³/mol. The summed E-state index contributed by atoms with van der Waals surface area (Å²) in [6, 6.07) is 0.210. The van der Waals surface area contributed by atoms with Crippen LogP contribution in [0.3, 0.4) is 0 Å². The Morgan fingerprint density at radius 2 is 2.00 bits per heavy atom. The lowest BCUT2D eigenvalue weighted by molar-refractivity contribution is -0.138. The number of piperidine rings is 1. The van der Waals surface area contributed by atoms with Crippen LogP contribution < -0.4 is 0 Å². The Balaban J connectivity index is 0.000000613. The molecule has 2 fully saturated rings. The molecule has 0 aliphatic carbocycles. The van der Waals surface area contributed by atoms with Gasteiger partial charge in [-0.25, -0.2) is 14.5 Å². The molecular formula is C16H23N5O5. The van der Waals surface area contributed by atoms with Gasteiger partial charge in [-0.05, 0) is 19.3 Å². The lowest BCUT2D eigenvalue weighted by Crippen LogP contribution is -2.49. The second-order valence-corrected chi connectivity index (χ2v) is 6.56. The Morgan fingerprint density at radius 1 is 1.27 bits per heavy atom. The Labute approximate surface area is 150 Å². The zero-order valence-corrected chi connectivity index (χ0v) is 14.5. The Kier molecular flexibility index (Phi) is 5.69. The summed E-state index contributed by atoms with van der Waals surface area (Å²) in [5, 5.41) is 11.1. The van der Waals surface area contributed by atoms with Gasteiger partial charge in [0.2, 0.25) is 5.91 Å². The van der Waals surface area contributed by atoms with Crippen molar-refractivity contribution in [3.05, 3.63) is 12.2 Å². The first-order valence-corrected chi connectivity index (χ1v) is 8.80. The maximum absolute atomic E-state index is 12.7. The molecule has 2 saturated heterocycles. The topological polar surface area (TPSA) is 118 Å². The van der Waals surface area contributed by atoms with Crippen LogP contribution in [-0.4, -0.2) is 80.4 Å². The molecule has 10 nitrogen and oxygen atoms in total. The maximum Gasteiger partial charge on any atom is 0.410 e. The monoisotopic (exact) mass is 365 g/mol. The second-order valence-electron chi connectivity index (χ2n) is 6.56. The number of ether oxygens (including phenoxy) is 1. The van der Waals surface area contributed by atoms with Gasteiger partial charge in [0.15, 0.2) is 0 Å². The van der Waals surface area contributed by atoms with Crippen molar-refractivity contribution >= 4 is 18.5 Å². The molecule has 1 aromatic rings. The van der Waals surface area contributed by atoms with Crippen LogP contribution in [0, 0.1) is 5.92 Å². The molecule has 1 atom stereocenters. The van der Waals surface area contributed by atoms with E-state index in [2.05, 4.69) is 10.1 Å². The van der Waals surface area contributed by atoms with Gasteiger partial charge in [0.25, 0.3) is 6.47 Å². The van der Waals surface area contributed by atoms with E-state index in [1.807, 2.05) is 14.5 Å². The van der Waals surface area contributed by atoms with Crippen molar-refractivity contribution < 1.29 is 24.2 Å². The molecule has 0 saturated carbocycles. The average molecular weight is 365 g/mol. The average Bonchev–Trinajstić information content (AvgIpc) is 3.30. The van der Waals surface area contributed by atoms with Crippen LogP contribution in [-0.2, 0) is 27.3 Å². The van der Waals surface area contributed by atoms with Crippen LogP contribution in [0.4, 0.5) is 4.79 Å².